The maximum Gasteiger partial charge on any atom is 0.130 e. The molecule has 0 bridgehead atoms. The zero-order valence-electron chi connectivity index (χ0n) is 13.9. The van der Waals surface area contributed by atoms with Gasteiger partial charge in [0.25, 0.3) is 0 Å². The minimum Gasteiger partial charge on any atom is -0.465 e. The van der Waals surface area contributed by atoms with Gasteiger partial charge < -0.3 is 4.42 Å². The first-order chi connectivity index (χ1) is 11.7. The number of hydrogen-bond donors (Lipinski definition) is 0. The third-order valence-electron chi connectivity index (χ3n) is 5.21. The van der Waals surface area contributed by atoms with Crippen molar-refractivity contribution >= 4 is 19.6 Å². The monoisotopic (exact) mass is 330 g/mol. The van der Waals surface area contributed by atoms with Crippen LogP contribution in [0.1, 0.15) is 35.0 Å². The Balaban J connectivity index is 1.68. The quantitative estimate of drug-likeness (QED) is 0.562. The van der Waals surface area contributed by atoms with Gasteiger partial charge in [0.05, 0.1) is 6.26 Å². The third kappa shape index (κ3) is 1.98. The highest BCUT2D eigenvalue weighted by Gasteiger charge is 2.41. The first-order valence-corrected chi connectivity index (χ1v) is 9.85. The fourth-order valence-electron chi connectivity index (χ4n) is 4.17. The third-order valence-corrected chi connectivity index (χ3v) is 8.20. The second-order valence-electron chi connectivity index (χ2n) is 6.79. The number of fused-ring (bicyclic) bond motifs is 2. The van der Waals surface area contributed by atoms with E-state index in [0.717, 1.165) is 5.76 Å². The lowest BCUT2D eigenvalue weighted by molar-refractivity contribution is 0.551. The van der Waals surface area contributed by atoms with Crippen molar-refractivity contribution in [3.05, 3.63) is 94.0 Å². The maximum absolute atomic E-state index is 5.80. The summed E-state index contributed by atoms with van der Waals surface area (Å²) in [6.45, 7) is 4.48. The highest BCUT2D eigenvalue weighted by atomic mass is 31.1. The van der Waals surface area contributed by atoms with Crippen molar-refractivity contribution in [2.45, 2.75) is 19.5 Å². The summed E-state index contributed by atoms with van der Waals surface area (Å²) in [5, 5.41) is 3.14. The molecule has 1 aromatic carbocycles. The first kappa shape index (κ1) is 14.3. The van der Waals surface area contributed by atoms with E-state index in [2.05, 4.69) is 68.5 Å². The average molecular weight is 330 g/mol. The van der Waals surface area contributed by atoms with Gasteiger partial charge in [0, 0.05) is 17.2 Å². The normalized spacial score (nSPS) is 26.9. The van der Waals surface area contributed by atoms with Crippen LogP contribution < -0.4 is 0 Å². The van der Waals surface area contributed by atoms with Crippen LogP contribution in [0.15, 0.2) is 75.9 Å². The summed E-state index contributed by atoms with van der Waals surface area (Å²) in [6.07, 6.45) is 13.5. The molecular formula is C22H19OP. The summed E-state index contributed by atoms with van der Waals surface area (Å²) in [5.41, 5.74) is 5.88. The Hall–Kier alpha value is -2.11. The van der Waals surface area contributed by atoms with E-state index in [1.54, 1.807) is 16.9 Å². The lowest BCUT2D eigenvalue weighted by atomic mass is 10.1. The zero-order chi connectivity index (χ0) is 16.3. The number of aryl methyl sites for hydroxylation is 1. The number of benzene rings is 1. The molecule has 5 rings (SSSR count). The standard InChI is InChI=1S/C22H19OP/c1-14-8-9-18-17(11-14)13-19(20-6-4-10-23-20)22(18)24-15(2)12-16-5-3-7-21(16)24/h3-13,16,22H,1-2H3. The van der Waals surface area contributed by atoms with Gasteiger partial charge in [-0.3, -0.25) is 0 Å². The molecule has 2 aromatic rings. The molecule has 3 atom stereocenters. The van der Waals surface area contributed by atoms with Crippen LogP contribution in [0.4, 0.5) is 0 Å². The van der Waals surface area contributed by atoms with Gasteiger partial charge >= 0.3 is 0 Å². The van der Waals surface area contributed by atoms with Gasteiger partial charge in [-0.25, -0.2) is 0 Å². The van der Waals surface area contributed by atoms with Gasteiger partial charge in [-0.2, -0.15) is 0 Å². The Morgan fingerprint density at radius 2 is 2.04 bits per heavy atom. The van der Waals surface area contributed by atoms with Crippen molar-refractivity contribution in [1.29, 1.82) is 0 Å². The van der Waals surface area contributed by atoms with Gasteiger partial charge in [-0.05, 0) is 61.7 Å². The van der Waals surface area contributed by atoms with Gasteiger partial charge in [0.2, 0.25) is 0 Å². The van der Waals surface area contributed by atoms with Crippen molar-refractivity contribution in [3.63, 3.8) is 0 Å². The van der Waals surface area contributed by atoms with E-state index >= 15 is 0 Å². The van der Waals surface area contributed by atoms with Crippen molar-refractivity contribution in [1.82, 2.24) is 0 Å². The second kappa shape index (κ2) is 5.19. The molecule has 3 aliphatic rings. The lowest BCUT2D eigenvalue weighted by Gasteiger charge is -2.27. The lowest BCUT2D eigenvalue weighted by Crippen LogP contribution is -1.99. The average Bonchev–Trinajstić information content (AvgIpc) is 3.29. The zero-order valence-corrected chi connectivity index (χ0v) is 14.8. The summed E-state index contributed by atoms with van der Waals surface area (Å²) >= 11 is 0. The highest BCUT2D eigenvalue weighted by Crippen LogP contribution is 2.74. The summed E-state index contributed by atoms with van der Waals surface area (Å²) in [4.78, 5) is 0. The molecule has 0 saturated heterocycles. The molecule has 1 nitrogen and oxygen atoms in total. The largest absolute Gasteiger partial charge is 0.465 e. The van der Waals surface area contributed by atoms with E-state index in [0.29, 0.717) is 11.6 Å². The Morgan fingerprint density at radius 1 is 1.12 bits per heavy atom. The molecule has 118 valence electrons. The van der Waals surface area contributed by atoms with Crippen LogP contribution in [0.2, 0.25) is 0 Å². The van der Waals surface area contributed by atoms with E-state index in [-0.39, 0.29) is 7.92 Å². The van der Waals surface area contributed by atoms with Crippen molar-refractivity contribution in [2.75, 3.05) is 0 Å². The molecule has 0 radical (unpaired) electrons. The van der Waals surface area contributed by atoms with Crippen LogP contribution in [0.3, 0.4) is 0 Å². The van der Waals surface area contributed by atoms with Crippen molar-refractivity contribution < 1.29 is 4.42 Å². The molecule has 2 heteroatoms. The van der Waals surface area contributed by atoms with E-state index in [4.69, 9.17) is 4.42 Å². The molecule has 0 fully saturated rings. The van der Waals surface area contributed by atoms with E-state index in [9.17, 15) is 0 Å². The van der Waals surface area contributed by atoms with Gasteiger partial charge in [0.1, 0.15) is 5.76 Å². The highest BCUT2D eigenvalue weighted by molar-refractivity contribution is 7.67. The van der Waals surface area contributed by atoms with Gasteiger partial charge in [0.15, 0.2) is 0 Å². The van der Waals surface area contributed by atoms with Crippen molar-refractivity contribution in [2.24, 2.45) is 5.92 Å². The molecule has 0 N–H and O–H groups in total. The summed E-state index contributed by atoms with van der Waals surface area (Å²) in [6, 6.07) is 11.0. The number of allylic oxidation sites excluding steroid dienone is 7. The van der Waals surface area contributed by atoms with Crippen molar-refractivity contribution in [3.8, 4) is 0 Å². The number of furan rings is 1. The summed E-state index contributed by atoms with van der Waals surface area (Å²) in [5.74, 6) is 1.53. The molecule has 24 heavy (non-hydrogen) atoms. The van der Waals surface area contributed by atoms with Gasteiger partial charge in [-0.1, -0.05) is 48.1 Å². The fraction of sp³-hybridized carbons (Fsp3) is 0.182. The van der Waals surface area contributed by atoms with Crippen LogP contribution >= 0.6 is 7.92 Å². The Kier molecular flexibility index (Phi) is 3.08. The number of rotatable bonds is 2. The van der Waals surface area contributed by atoms with Crippen LogP contribution in [0.5, 0.6) is 0 Å². The summed E-state index contributed by atoms with van der Waals surface area (Å²) < 4.78 is 5.80. The topological polar surface area (TPSA) is 13.1 Å². The first-order valence-electron chi connectivity index (χ1n) is 8.44. The SMILES string of the molecule is CC1=CC2C=CC=C2P1C1C(c2ccco2)=Cc2cc(C)ccc21. The predicted molar refractivity (Wildman–Crippen MR) is 102 cm³/mol. The molecule has 2 heterocycles. The molecule has 1 aromatic heterocycles. The molecule has 0 amide bonds. The van der Waals surface area contributed by atoms with E-state index in [1.165, 1.54) is 22.3 Å². The molecule has 0 saturated carbocycles. The van der Waals surface area contributed by atoms with Crippen LogP contribution in [-0.4, -0.2) is 0 Å². The van der Waals surface area contributed by atoms with Crippen LogP contribution in [0.25, 0.3) is 11.6 Å². The van der Waals surface area contributed by atoms with E-state index < -0.39 is 0 Å². The summed E-state index contributed by atoms with van der Waals surface area (Å²) in [7, 11) is -0.357. The Morgan fingerprint density at radius 3 is 2.88 bits per heavy atom. The fourth-order valence-corrected chi connectivity index (χ4v) is 7.33. The minimum absolute atomic E-state index is 0.357. The Bertz CT molecular complexity index is 940. The van der Waals surface area contributed by atoms with Gasteiger partial charge in [-0.15, -0.1) is 0 Å². The smallest absolute Gasteiger partial charge is 0.130 e. The second-order valence-corrected chi connectivity index (χ2v) is 9.27. The van der Waals surface area contributed by atoms with Crippen LogP contribution in [-0.2, 0) is 0 Å². The molecule has 2 aliphatic carbocycles. The molecule has 0 spiro atoms. The van der Waals surface area contributed by atoms with E-state index in [1.807, 2.05) is 6.07 Å². The molecular weight excluding hydrogens is 311 g/mol. The molecule has 1 aliphatic heterocycles. The van der Waals surface area contributed by atoms with Crippen LogP contribution in [0, 0.1) is 12.8 Å². The number of hydrogen-bond acceptors (Lipinski definition) is 1. The molecule has 3 unspecified atom stereocenters. The Labute approximate surface area is 143 Å². The minimum atomic E-state index is -0.357. The maximum atomic E-state index is 5.80. The predicted octanol–water partition coefficient (Wildman–Crippen LogP) is 6.65.